The topological polar surface area (TPSA) is 92.5 Å². The van der Waals surface area contributed by atoms with Crippen molar-refractivity contribution in [3.8, 4) is 22.3 Å². The summed E-state index contributed by atoms with van der Waals surface area (Å²) in [7, 11) is 0. The number of hydrogen-bond donors (Lipinski definition) is 2. The highest BCUT2D eigenvalue weighted by Crippen LogP contribution is 2.42. The van der Waals surface area contributed by atoms with Crippen LogP contribution in [0, 0.1) is 24.7 Å². The Kier molecular flexibility index (Phi) is 10.4. The minimum atomic E-state index is -0.924. The molecule has 0 spiro atoms. The van der Waals surface area contributed by atoms with Crippen molar-refractivity contribution in [3.63, 3.8) is 0 Å². The fraction of sp³-hybridized carbons (Fsp3) is 0.357. The Morgan fingerprint density at radius 3 is 2.29 bits per heavy atom. The van der Waals surface area contributed by atoms with Crippen molar-refractivity contribution in [1.82, 2.24) is 5.32 Å². The quantitative estimate of drug-likeness (QED) is 0.162. The van der Waals surface area contributed by atoms with Crippen LogP contribution in [0.3, 0.4) is 0 Å². The second-order valence-electron chi connectivity index (χ2n) is 13.7. The van der Waals surface area contributed by atoms with Gasteiger partial charge in [0.15, 0.2) is 0 Å². The Morgan fingerprint density at radius 1 is 0.854 bits per heavy atom. The Hall–Kier alpha value is -4.71. The monoisotopic (exact) mass is 641 g/mol. The number of carbonyl (C=O) groups excluding carboxylic acids is 3. The van der Waals surface area contributed by atoms with E-state index < -0.39 is 23.8 Å². The number of anilines is 1. The molecule has 1 saturated carbocycles. The van der Waals surface area contributed by atoms with Gasteiger partial charge in [-0.2, -0.15) is 0 Å². The predicted octanol–water partition coefficient (Wildman–Crippen LogP) is 8.52. The van der Waals surface area contributed by atoms with E-state index in [0.29, 0.717) is 25.3 Å². The van der Waals surface area contributed by atoms with Gasteiger partial charge in [-0.1, -0.05) is 136 Å². The van der Waals surface area contributed by atoms with Crippen LogP contribution in [0.15, 0.2) is 97.1 Å². The number of primary amides is 1. The normalized spacial score (nSPS) is 17.2. The third-order valence-corrected chi connectivity index (χ3v) is 10.3. The van der Waals surface area contributed by atoms with Gasteiger partial charge in [0, 0.05) is 17.4 Å². The van der Waals surface area contributed by atoms with Crippen LogP contribution in [0.25, 0.3) is 22.3 Å². The van der Waals surface area contributed by atoms with Gasteiger partial charge in [0.05, 0.1) is 12.2 Å². The van der Waals surface area contributed by atoms with Crippen LogP contribution < -0.4 is 16.0 Å². The molecule has 6 nitrogen and oxygen atoms in total. The molecule has 0 aromatic heterocycles. The molecule has 0 bridgehead atoms. The lowest BCUT2D eigenvalue weighted by Crippen LogP contribution is -2.47. The van der Waals surface area contributed by atoms with Crippen LogP contribution in [0.2, 0.25) is 0 Å². The van der Waals surface area contributed by atoms with Crippen LogP contribution >= 0.6 is 0 Å². The predicted molar refractivity (Wildman–Crippen MR) is 193 cm³/mol. The molecule has 1 aliphatic heterocycles. The van der Waals surface area contributed by atoms with Gasteiger partial charge in [0.2, 0.25) is 11.8 Å². The number of aryl methyl sites for hydroxylation is 1. The summed E-state index contributed by atoms with van der Waals surface area (Å²) >= 11 is 0. The molecule has 1 fully saturated rings. The van der Waals surface area contributed by atoms with E-state index in [1.807, 2.05) is 65.6 Å². The second-order valence-corrected chi connectivity index (χ2v) is 13.7. The number of nitrogens with one attached hydrogen (secondary N) is 1. The van der Waals surface area contributed by atoms with Crippen molar-refractivity contribution in [1.29, 1.82) is 0 Å². The SMILES string of the molecule is CCCC[C@H](C(N)=O)[C@@H](CC1CCCC1)C(=O)NC1C(=O)N(Cc2cccc(-c3ccc(C)cc3)c2)c2ccccc2-c2ccccc21. The number of amides is 3. The smallest absolute Gasteiger partial charge is 0.254 e. The zero-order valence-electron chi connectivity index (χ0n) is 28.2. The average molecular weight is 642 g/mol. The molecule has 1 heterocycles. The number of hydrogen-bond acceptors (Lipinski definition) is 3. The van der Waals surface area contributed by atoms with E-state index in [2.05, 4.69) is 55.6 Å². The van der Waals surface area contributed by atoms with E-state index >= 15 is 0 Å². The van der Waals surface area contributed by atoms with Gasteiger partial charge in [-0.05, 0) is 65.6 Å². The number of carbonyl (C=O) groups is 3. The van der Waals surface area contributed by atoms with Gasteiger partial charge in [-0.3, -0.25) is 14.4 Å². The van der Waals surface area contributed by atoms with Crippen molar-refractivity contribution < 1.29 is 14.4 Å². The third-order valence-electron chi connectivity index (χ3n) is 10.3. The van der Waals surface area contributed by atoms with Crippen molar-refractivity contribution >= 4 is 23.4 Å². The maximum atomic E-state index is 14.9. The lowest BCUT2D eigenvalue weighted by atomic mass is 9.79. The van der Waals surface area contributed by atoms with Gasteiger partial charge >= 0.3 is 0 Å². The molecule has 48 heavy (non-hydrogen) atoms. The lowest BCUT2D eigenvalue weighted by molar-refractivity contribution is -0.136. The first-order valence-corrected chi connectivity index (χ1v) is 17.6. The van der Waals surface area contributed by atoms with Crippen LogP contribution in [0.4, 0.5) is 5.69 Å². The fourth-order valence-corrected chi connectivity index (χ4v) is 7.69. The highest BCUT2D eigenvalue weighted by atomic mass is 16.2. The summed E-state index contributed by atoms with van der Waals surface area (Å²) in [6.45, 7) is 4.49. The minimum Gasteiger partial charge on any atom is -0.369 e. The molecule has 4 aromatic carbocycles. The molecule has 4 aromatic rings. The molecule has 3 amide bonds. The summed E-state index contributed by atoms with van der Waals surface area (Å²) in [6.07, 6.45) is 7.30. The molecular weight excluding hydrogens is 594 g/mol. The standard InChI is InChI=1S/C42H47N3O3/c1-3-4-16-36(40(43)46)37(26-29-12-5-6-13-29)41(47)44-39-35-19-8-7-17-33(35)34-18-9-10-20-38(34)45(42(39)48)27-30-14-11-15-32(25-30)31-23-21-28(2)22-24-31/h7-11,14-15,17-25,29,36-37,39H,3-6,12-13,16,26-27H2,1-2H3,(H2,43,46)(H,44,47)/t36-,37+,39?/m0/s1. The minimum absolute atomic E-state index is 0.203. The summed E-state index contributed by atoms with van der Waals surface area (Å²) in [4.78, 5) is 44.0. The van der Waals surface area contributed by atoms with E-state index in [0.717, 1.165) is 77.6 Å². The van der Waals surface area contributed by atoms with Crippen LogP contribution in [-0.2, 0) is 20.9 Å². The number of nitrogens with zero attached hydrogens (tertiary/aromatic N) is 1. The molecule has 248 valence electrons. The molecule has 2 aliphatic rings. The van der Waals surface area contributed by atoms with Crippen LogP contribution in [0.5, 0.6) is 0 Å². The first-order chi connectivity index (χ1) is 23.3. The van der Waals surface area contributed by atoms with E-state index in [1.165, 1.54) is 5.56 Å². The average Bonchev–Trinajstić information content (AvgIpc) is 3.60. The van der Waals surface area contributed by atoms with E-state index in [-0.39, 0.29) is 11.8 Å². The van der Waals surface area contributed by atoms with E-state index in [1.54, 1.807) is 0 Å². The van der Waals surface area contributed by atoms with Gasteiger partial charge in [-0.25, -0.2) is 0 Å². The Bertz CT molecular complexity index is 1760. The molecule has 1 unspecified atom stereocenters. The highest BCUT2D eigenvalue weighted by molar-refractivity contribution is 6.06. The second kappa shape index (κ2) is 15.0. The number of nitrogens with two attached hydrogens (primary N) is 1. The maximum absolute atomic E-state index is 14.9. The Labute approximate surface area is 284 Å². The summed E-state index contributed by atoms with van der Waals surface area (Å²) in [5, 5.41) is 3.21. The van der Waals surface area contributed by atoms with Crippen LogP contribution in [0.1, 0.15) is 81.0 Å². The molecular formula is C42H47N3O3. The lowest BCUT2D eigenvalue weighted by Gasteiger charge is -2.30. The van der Waals surface area contributed by atoms with Gasteiger partial charge in [0.1, 0.15) is 6.04 Å². The zero-order valence-corrected chi connectivity index (χ0v) is 28.2. The number of rotatable bonds is 12. The Balaban J connectivity index is 1.37. The number of benzene rings is 4. The summed E-state index contributed by atoms with van der Waals surface area (Å²) < 4.78 is 0. The van der Waals surface area contributed by atoms with E-state index in [4.69, 9.17) is 5.73 Å². The van der Waals surface area contributed by atoms with Crippen molar-refractivity contribution in [2.24, 2.45) is 23.5 Å². The fourth-order valence-electron chi connectivity index (χ4n) is 7.69. The molecule has 6 heteroatoms. The Morgan fingerprint density at radius 2 is 1.56 bits per heavy atom. The molecule has 1 aliphatic carbocycles. The first kappa shape index (κ1) is 33.2. The molecule has 0 saturated heterocycles. The third kappa shape index (κ3) is 7.23. The largest absolute Gasteiger partial charge is 0.369 e. The van der Waals surface area contributed by atoms with Crippen molar-refractivity contribution in [2.75, 3.05) is 4.90 Å². The van der Waals surface area contributed by atoms with Crippen LogP contribution in [-0.4, -0.2) is 17.7 Å². The summed E-state index contributed by atoms with van der Waals surface area (Å²) in [5.74, 6) is -1.67. The maximum Gasteiger partial charge on any atom is 0.254 e. The highest BCUT2D eigenvalue weighted by Gasteiger charge is 2.40. The zero-order chi connectivity index (χ0) is 33.6. The summed E-state index contributed by atoms with van der Waals surface area (Å²) in [5.41, 5.74) is 13.8. The van der Waals surface area contributed by atoms with Gasteiger partial charge in [0.25, 0.3) is 5.91 Å². The number of fused-ring (bicyclic) bond motifs is 3. The van der Waals surface area contributed by atoms with Gasteiger partial charge in [-0.15, -0.1) is 0 Å². The summed E-state index contributed by atoms with van der Waals surface area (Å²) in [6, 6.07) is 31.6. The van der Waals surface area contributed by atoms with Gasteiger partial charge < -0.3 is 16.0 Å². The van der Waals surface area contributed by atoms with E-state index in [9.17, 15) is 14.4 Å². The molecule has 3 atom stereocenters. The molecule has 6 rings (SSSR count). The molecule has 0 radical (unpaired) electrons. The van der Waals surface area contributed by atoms with Crippen molar-refractivity contribution in [2.45, 2.75) is 77.8 Å². The first-order valence-electron chi connectivity index (χ1n) is 17.6. The molecule has 3 N–H and O–H groups in total. The van der Waals surface area contributed by atoms with Crippen molar-refractivity contribution in [3.05, 3.63) is 114 Å². The number of unbranched alkanes of at least 4 members (excludes halogenated alkanes) is 1. The number of para-hydroxylation sites is 1.